The normalized spacial score (nSPS) is 15.3. The molecule has 2 N–H and O–H groups in total. The van der Waals surface area contributed by atoms with Crippen molar-refractivity contribution < 1.29 is 32.6 Å². The van der Waals surface area contributed by atoms with Crippen LogP contribution >= 0.6 is 0 Å². The number of ether oxygens (including phenoxy) is 2. The molecule has 8 nitrogen and oxygen atoms in total. The van der Waals surface area contributed by atoms with Gasteiger partial charge in [0, 0.05) is 49.8 Å². The predicted molar refractivity (Wildman–Crippen MR) is 114 cm³/mol. The summed E-state index contributed by atoms with van der Waals surface area (Å²) in [6.07, 6.45) is 1.09. The van der Waals surface area contributed by atoms with Crippen LogP contribution in [-0.4, -0.2) is 49.0 Å². The van der Waals surface area contributed by atoms with E-state index in [9.17, 15) is 23.2 Å². The van der Waals surface area contributed by atoms with Gasteiger partial charge in [0.1, 0.15) is 11.6 Å². The molecule has 2 heterocycles. The van der Waals surface area contributed by atoms with Crippen LogP contribution in [0.15, 0.2) is 36.4 Å². The number of halogens is 2. The molecule has 0 spiro atoms. The number of likely N-dealkylation sites (tertiary alicyclic amines) is 1. The minimum atomic E-state index is -0.958. The fourth-order valence-corrected chi connectivity index (χ4v) is 3.82. The Kier molecular flexibility index (Phi) is 6.71. The summed E-state index contributed by atoms with van der Waals surface area (Å²) in [6.45, 7) is 1.04. The number of rotatable bonds is 6. The van der Waals surface area contributed by atoms with Gasteiger partial charge in [0.25, 0.3) is 5.91 Å². The van der Waals surface area contributed by atoms with Crippen LogP contribution in [0.2, 0.25) is 0 Å². The summed E-state index contributed by atoms with van der Waals surface area (Å²) in [5, 5.41) is 5.35. The van der Waals surface area contributed by atoms with E-state index in [1.165, 1.54) is 0 Å². The molecule has 0 saturated carbocycles. The number of nitrogens with one attached hydrogen (secondary N) is 2. The smallest absolute Gasteiger partial charge is 0.254 e. The third-order valence-corrected chi connectivity index (χ3v) is 5.66. The second-order valence-corrected chi connectivity index (χ2v) is 7.84. The van der Waals surface area contributed by atoms with Crippen molar-refractivity contribution in [3.63, 3.8) is 0 Å². The number of anilines is 1. The van der Waals surface area contributed by atoms with E-state index in [1.54, 1.807) is 23.1 Å². The first-order valence-electron chi connectivity index (χ1n) is 10.6. The third-order valence-electron chi connectivity index (χ3n) is 5.66. The second-order valence-electron chi connectivity index (χ2n) is 7.84. The molecular weight excluding hydrogens is 436 g/mol. The molecule has 0 atom stereocenters. The molecular formula is C23H23F2N3O5. The predicted octanol–water partition coefficient (Wildman–Crippen LogP) is 2.69. The first-order valence-corrected chi connectivity index (χ1v) is 10.6. The van der Waals surface area contributed by atoms with Gasteiger partial charge >= 0.3 is 0 Å². The van der Waals surface area contributed by atoms with E-state index >= 15 is 0 Å². The molecule has 4 rings (SSSR count). The molecule has 0 unspecified atom stereocenters. The Morgan fingerprint density at radius 1 is 1.00 bits per heavy atom. The van der Waals surface area contributed by atoms with Crippen molar-refractivity contribution in [3.05, 3.63) is 53.6 Å². The van der Waals surface area contributed by atoms with Crippen molar-refractivity contribution in [2.75, 3.05) is 31.7 Å². The molecule has 3 amide bonds. The summed E-state index contributed by atoms with van der Waals surface area (Å²) in [4.78, 5) is 38.7. The van der Waals surface area contributed by atoms with Crippen LogP contribution in [0, 0.1) is 17.6 Å². The highest BCUT2D eigenvalue weighted by atomic mass is 19.1. The first-order chi connectivity index (χ1) is 15.9. The molecule has 1 saturated heterocycles. The van der Waals surface area contributed by atoms with E-state index < -0.39 is 17.5 Å². The highest BCUT2D eigenvalue weighted by Gasteiger charge is 2.27. The van der Waals surface area contributed by atoms with Crippen LogP contribution in [-0.2, 0) is 9.59 Å². The number of hydrogen-bond donors (Lipinski definition) is 2. The van der Waals surface area contributed by atoms with Gasteiger partial charge in [-0.25, -0.2) is 8.78 Å². The lowest BCUT2D eigenvalue weighted by Gasteiger charge is -2.31. The molecule has 0 radical (unpaired) electrons. The Hall–Kier alpha value is -3.69. The van der Waals surface area contributed by atoms with Crippen LogP contribution in [0.25, 0.3) is 0 Å². The SMILES string of the molecule is O=C(NCCC(=O)N1CCC(C(=O)Nc2ccc3c(c2)OCO3)CC1)c1ccc(F)cc1F. The van der Waals surface area contributed by atoms with Gasteiger partial charge in [0.15, 0.2) is 11.5 Å². The van der Waals surface area contributed by atoms with E-state index in [2.05, 4.69) is 10.6 Å². The molecule has 2 aromatic carbocycles. The Bertz CT molecular complexity index is 1070. The highest BCUT2D eigenvalue weighted by Crippen LogP contribution is 2.34. The Labute approximate surface area is 188 Å². The molecule has 174 valence electrons. The lowest BCUT2D eigenvalue weighted by atomic mass is 9.95. The standard InChI is InChI=1S/C23H23F2N3O5/c24-15-1-3-17(18(25)11-15)23(31)26-8-5-21(29)28-9-6-14(7-10-28)22(30)27-16-2-4-19-20(12-16)33-13-32-19/h1-4,11-12,14H,5-10,13H2,(H,26,31)(H,27,30). The zero-order chi connectivity index (χ0) is 23.4. The van der Waals surface area contributed by atoms with Gasteiger partial charge in [-0.3, -0.25) is 14.4 Å². The van der Waals surface area contributed by atoms with Crippen molar-refractivity contribution in [1.82, 2.24) is 10.2 Å². The Morgan fingerprint density at radius 2 is 1.76 bits per heavy atom. The Morgan fingerprint density at radius 3 is 2.52 bits per heavy atom. The average molecular weight is 459 g/mol. The van der Waals surface area contributed by atoms with Crippen LogP contribution in [0.4, 0.5) is 14.5 Å². The maximum atomic E-state index is 13.7. The Balaban J connectivity index is 1.19. The van der Waals surface area contributed by atoms with Gasteiger partial charge in [-0.1, -0.05) is 0 Å². The summed E-state index contributed by atoms with van der Waals surface area (Å²) in [7, 11) is 0. The van der Waals surface area contributed by atoms with E-state index in [4.69, 9.17) is 9.47 Å². The zero-order valence-electron chi connectivity index (χ0n) is 17.7. The summed E-state index contributed by atoms with van der Waals surface area (Å²) in [6, 6.07) is 7.88. The zero-order valence-corrected chi connectivity index (χ0v) is 17.7. The molecule has 2 aromatic rings. The minimum Gasteiger partial charge on any atom is -0.454 e. The molecule has 0 bridgehead atoms. The van der Waals surface area contributed by atoms with Crippen molar-refractivity contribution in [2.45, 2.75) is 19.3 Å². The lowest BCUT2D eigenvalue weighted by molar-refractivity contribution is -0.134. The largest absolute Gasteiger partial charge is 0.454 e. The van der Waals surface area contributed by atoms with Crippen LogP contribution in [0.3, 0.4) is 0 Å². The number of benzene rings is 2. The molecule has 2 aliphatic heterocycles. The van der Waals surface area contributed by atoms with Crippen molar-refractivity contribution in [1.29, 1.82) is 0 Å². The highest BCUT2D eigenvalue weighted by molar-refractivity contribution is 5.95. The number of carbonyl (C=O) groups excluding carboxylic acids is 3. The van der Waals surface area contributed by atoms with Gasteiger partial charge in [-0.05, 0) is 37.1 Å². The maximum absolute atomic E-state index is 13.7. The summed E-state index contributed by atoms with van der Waals surface area (Å²) in [5.41, 5.74) is 0.342. The number of nitrogens with zero attached hydrogens (tertiary/aromatic N) is 1. The molecule has 2 aliphatic rings. The van der Waals surface area contributed by atoms with E-state index in [0.29, 0.717) is 49.2 Å². The van der Waals surface area contributed by atoms with Crippen LogP contribution < -0.4 is 20.1 Å². The summed E-state index contributed by atoms with van der Waals surface area (Å²) in [5.74, 6) is -1.72. The van der Waals surface area contributed by atoms with Crippen molar-refractivity contribution in [2.24, 2.45) is 5.92 Å². The lowest BCUT2D eigenvalue weighted by Crippen LogP contribution is -2.42. The number of fused-ring (bicyclic) bond motifs is 1. The van der Waals surface area contributed by atoms with Crippen molar-refractivity contribution in [3.8, 4) is 11.5 Å². The number of hydrogen-bond acceptors (Lipinski definition) is 5. The summed E-state index contributed by atoms with van der Waals surface area (Å²) < 4.78 is 37.2. The minimum absolute atomic E-state index is 0.0268. The molecule has 1 fully saturated rings. The maximum Gasteiger partial charge on any atom is 0.254 e. The van der Waals surface area contributed by atoms with Crippen LogP contribution in [0.5, 0.6) is 11.5 Å². The fraction of sp³-hybridized carbons (Fsp3) is 0.348. The van der Waals surface area contributed by atoms with Gasteiger partial charge in [-0.15, -0.1) is 0 Å². The number of piperidine rings is 1. The number of amides is 3. The monoisotopic (exact) mass is 459 g/mol. The van der Waals surface area contributed by atoms with E-state index in [1.807, 2.05) is 0 Å². The molecule has 10 heteroatoms. The quantitative estimate of drug-likeness (QED) is 0.693. The van der Waals surface area contributed by atoms with Gasteiger partial charge in [0.2, 0.25) is 18.6 Å². The first kappa shape index (κ1) is 22.5. The molecule has 0 aliphatic carbocycles. The summed E-state index contributed by atoms with van der Waals surface area (Å²) >= 11 is 0. The van der Waals surface area contributed by atoms with E-state index in [0.717, 1.165) is 12.1 Å². The fourth-order valence-electron chi connectivity index (χ4n) is 3.82. The van der Waals surface area contributed by atoms with Gasteiger partial charge in [0.05, 0.1) is 5.56 Å². The third kappa shape index (κ3) is 5.39. The average Bonchev–Trinajstić information content (AvgIpc) is 3.27. The topological polar surface area (TPSA) is 97.0 Å². The van der Waals surface area contributed by atoms with Crippen LogP contribution in [0.1, 0.15) is 29.6 Å². The second kappa shape index (κ2) is 9.85. The van der Waals surface area contributed by atoms with Crippen molar-refractivity contribution >= 4 is 23.4 Å². The molecule has 0 aromatic heterocycles. The molecule has 33 heavy (non-hydrogen) atoms. The van der Waals surface area contributed by atoms with E-state index in [-0.39, 0.29) is 43.1 Å². The van der Waals surface area contributed by atoms with Gasteiger partial charge < -0.3 is 25.0 Å². The van der Waals surface area contributed by atoms with Gasteiger partial charge in [-0.2, -0.15) is 0 Å². The number of carbonyl (C=O) groups is 3.